The van der Waals surface area contributed by atoms with E-state index >= 15 is 0 Å². The normalized spacial score (nSPS) is 30.3. The van der Waals surface area contributed by atoms with Crippen molar-refractivity contribution in [1.82, 2.24) is 0 Å². The standard InChI is InChI=1S/C30H34N2O4/c1-28-12-18-13-29(2,15-28)17-30(14-18,16-28)22-9-19(35-20-3-6-23(31)25(33)10-20)5-8-27(22)36-21-4-7-24(32)26(34)11-21/h3-11,18,33-34H,12-17,31-32H2,1-2H3. The third-order valence-electron chi connectivity index (χ3n) is 8.62. The number of hydrogen-bond donors (Lipinski definition) is 4. The van der Waals surface area contributed by atoms with Gasteiger partial charge in [0.25, 0.3) is 0 Å². The summed E-state index contributed by atoms with van der Waals surface area (Å²) in [5.74, 6) is 3.25. The van der Waals surface area contributed by atoms with Crippen LogP contribution in [0, 0.1) is 16.7 Å². The largest absolute Gasteiger partial charge is 0.506 e. The van der Waals surface area contributed by atoms with Crippen molar-refractivity contribution in [3.05, 3.63) is 60.2 Å². The van der Waals surface area contributed by atoms with Crippen molar-refractivity contribution in [3.8, 4) is 34.5 Å². The predicted octanol–water partition coefficient (Wildman–Crippen LogP) is 7.09. The lowest BCUT2D eigenvalue weighted by Crippen LogP contribution is -2.56. The van der Waals surface area contributed by atoms with Gasteiger partial charge in [-0.1, -0.05) is 13.8 Å². The fourth-order valence-corrected chi connectivity index (χ4v) is 8.26. The van der Waals surface area contributed by atoms with Crippen LogP contribution in [0.2, 0.25) is 0 Å². The van der Waals surface area contributed by atoms with Gasteiger partial charge >= 0.3 is 0 Å². The van der Waals surface area contributed by atoms with Crippen molar-refractivity contribution in [3.63, 3.8) is 0 Å². The Morgan fingerprint density at radius 3 is 1.78 bits per heavy atom. The van der Waals surface area contributed by atoms with Gasteiger partial charge < -0.3 is 31.2 Å². The number of hydrogen-bond acceptors (Lipinski definition) is 6. The van der Waals surface area contributed by atoms with E-state index in [0.717, 1.165) is 30.6 Å². The number of nitrogen functional groups attached to an aromatic ring is 2. The molecule has 0 aliphatic heterocycles. The number of nitrogens with two attached hydrogens (primary N) is 2. The van der Waals surface area contributed by atoms with Crippen molar-refractivity contribution in [1.29, 1.82) is 0 Å². The van der Waals surface area contributed by atoms with Crippen LogP contribution in [0.25, 0.3) is 0 Å². The summed E-state index contributed by atoms with van der Waals surface area (Å²) in [4.78, 5) is 0. The molecule has 36 heavy (non-hydrogen) atoms. The molecule has 4 aliphatic carbocycles. The third kappa shape index (κ3) is 3.89. The van der Waals surface area contributed by atoms with Gasteiger partial charge in [-0.2, -0.15) is 0 Å². The molecule has 0 radical (unpaired) electrons. The van der Waals surface area contributed by atoms with E-state index in [-0.39, 0.29) is 16.9 Å². The van der Waals surface area contributed by atoms with E-state index in [4.69, 9.17) is 20.9 Å². The number of phenolic OH excluding ortho intramolecular Hbond substituents is 2. The van der Waals surface area contributed by atoms with E-state index < -0.39 is 0 Å². The first-order chi connectivity index (χ1) is 17.0. The SMILES string of the molecule is CC12CC3CC(C)(C1)CC(c1cc(Oc4ccc(N)c(O)c4)ccc1Oc1ccc(N)c(O)c1)(C3)C2. The Kier molecular flexibility index (Phi) is 4.91. The Bertz CT molecular complexity index is 1330. The minimum atomic E-state index is -0.00325. The van der Waals surface area contributed by atoms with Gasteiger partial charge in [0.1, 0.15) is 34.5 Å². The Hall–Kier alpha value is -3.54. The zero-order chi connectivity index (χ0) is 25.3. The molecule has 188 valence electrons. The smallest absolute Gasteiger partial charge is 0.142 e. The second-order valence-corrected chi connectivity index (χ2v) is 12.2. The molecule has 2 unspecified atom stereocenters. The summed E-state index contributed by atoms with van der Waals surface area (Å²) >= 11 is 0. The topological polar surface area (TPSA) is 111 Å². The summed E-state index contributed by atoms with van der Waals surface area (Å²) in [6.45, 7) is 4.92. The number of rotatable bonds is 5. The average molecular weight is 487 g/mol. The highest BCUT2D eigenvalue weighted by Gasteiger charge is 2.61. The Balaban J connectivity index is 1.43. The van der Waals surface area contributed by atoms with Crippen LogP contribution >= 0.6 is 0 Å². The van der Waals surface area contributed by atoms with Gasteiger partial charge in [-0.3, -0.25) is 0 Å². The van der Waals surface area contributed by atoms with Crippen LogP contribution in [-0.2, 0) is 5.41 Å². The lowest BCUT2D eigenvalue weighted by atomic mass is 9.39. The van der Waals surface area contributed by atoms with Crippen LogP contribution in [0.5, 0.6) is 34.5 Å². The predicted molar refractivity (Wildman–Crippen MR) is 141 cm³/mol. The van der Waals surface area contributed by atoms with Crippen LogP contribution in [0.1, 0.15) is 57.9 Å². The fourth-order valence-electron chi connectivity index (χ4n) is 8.26. The molecule has 6 nitrogen and oxygen atoms in total. The molecule has 0 spiro atoms. The molecule has 0 aromatic heterocycles. The fraction of sp³-hybridized carbons (Fsp3) is 0.400. The molecule has 0 amide bonds. The average Bonchev–Trinajstić information content (AvgIpc) is 2.77. The van der Waals surface area contributed by atoms with E-state index in [1.54, 1.807) is 30.3 Å². The van der Waals surface area contributed by atoms with Gasteiger partial charge in [-0.05, 0) is 97.7 Å². The van der Waals surface area contributed by atoms with Gasteiger partial charge in [0.15, 0.2) is 0 Å². The molecule has 4 aliphatic rings. The van der Waals surface area contributed by atoms with Gasteiger partial charge in [0.2, 0.25) is 0 Å². The van der Waals surface area contributed by atoms with E-state index in [9.17, 15) is 10.2 Å². The summed E-state index contributed by atoms with van der Waals surface area (Å²) in [7, 11) is 0. The van der Waals surface area contributed by atoms with Crippen LogP contribution in [0.3, 0.4) is 0 Å². The molecule has 3 aromatic carbocycles. The lowest BCUT2D eigenvalue weighted by Gasteiger charge is -2.65. The number of benzene rings is 3. The number of anilines is 2. The quantitative estimate of drug-likeness (QED) is 0.226. The summed E-state index contributed by atoms with van der Waals surface area (Å²) in [5.41, 5.74) is 14.0. The monoisotopic (exact) mass is 486 g/mol. The molecule has 6 N–H and O–H groups in total. The van der Waals surface area contributed by atoms with Crippen LogP contribution in [-0.4, -0.2) is 10.2 Å². The van der Waals surface area contributed by atoms with Crippen molar-refractivity contribution < 1.29 is 19.7 Å². The van der Waals surface area contributed by atoms with E-state index in [0.29, 0.717) is 45.4 Å². The van der Waals surface area contributed by atoms with Crippen molar-refractivity contribution in [2.75, 3.05) is 11.5 Å². The van der Waals surface area contributed by atoms with Crippen LogP contribution < -0.4 is 20.9 Å². The van der Waals surface area contributed by atoms with Gasteiger partial charge in [0, 0.05) is 23.1 Å². The zero-order valence-corrected chi connectivity index (χ0v) is 20.9. The number of ether oxygens (including phenoxy) is 2. The summed E-state index contributed by atoms with van der Waals surface area (Å²) in [6.07, 6.45) is 7.28. The molecule has 0 saturated heterocycles. The Labute approximate surface area is 211 Å². The van der Waals surface area contributed by atoms with Gasteiger partial charge in [-0.25, -0.2) is 0 Å². The molecular formula is C30H34N2O4. The van der Waals surface area contributed by atoms with E-state index in [2.05, 4.69) is 19.9 Å². The zero-order valence-electron chi connectivity index (χ0n) is 20.9. The summed E-state index contributed by atoms with van der Waals surface area (Å²) in [6, 6.07) is 15.9. The third-order valence-corrected chi connectivity index (χ3v) is 8.62. The molecule has 3 aromatic rings. The van der Waals surface area contributed by atoms with Gasteiger partial charge in [0.05, 0.1) is 11.4 Å². The molecule has 4 fully saturated rings. The second-order valence-electron chi connectivity index (χ2n) is 12.2. The molecule has 6 heteroatoms. The first kappa shape index (κ1) is 22.9. The number of phenols is 2. The Morgan fingerprint density at radius 2 is 1.22 bits per heavy atom. The summed E-state index contributed by atoms with van der Waals surface area (Å²) < 4.78 is 12.6. The first-order valence-corrected chi connectivity index (χ1v) is 12.7. The van der Waals surface area contributed by atoms with Crippen molar-refractivity contribution >= 4 is 11.4 Å². The van der Waals surface area contributed by atoms with Gasteiger partial charge in [-0.15, -0.1) is 0 Å². The number of aromatic hydroxyl groups is 2. The van der Waals surface area contributed by atoms with Crippen molar-refractivity contribution in [2.24, 2.45) is 16.7 Å². The molecular weight excluding hydrogens is 452 g/mol. The van der Waals surface area contributed by atoms with Crippen molar-refractivity contribution in [2.45, 2.75) is 57.8 Å². The van der Waals surface area contributed by atoms with E-state index in [1.807, 2.05) is 12.1 Å². The second kappa shape index (κ2) is 7.73. The highest BCUT2D eigenvalue weighted by atomic mass is 16.5. The van der Waals surface area contributed by atoms with Crippen LogP contribution in [0.4, 0.5) is 11.4 Å². The molecule has 0 heterocycles. The highest BCUT2D eigenvalue weighted by molar-refractivity contribution is 5.57. The molecule has 7 rings (SSSR count). The molecule has 4 saturated carbocycles. The molecule has 2 atom stereocenters. The highest BCUT2D eigenvalue weighted by Crippen LogP contribution is 2.70. The lowest BCUT2D eigenvalue weighted by molar-refractivity contribution is -0.110. The first-order valence-electron chi connectivity index (χ1n) is 12.7. The maximum atomic E-state index is 10.1. The maximum Gasteiger partial charge on any atom is 0.142 e. The molecule has 4 bridgehead atoms. The maximum absolute atomic E-state index is 10.1. The summed E-state index contributed by atoms with van der Waals surface area (Å²) in [5, 5.41) is 20.2. The minimum absolute atomic E-state index is 0.00207. The Morgan fingerprint density at radius 1 is 0.694 bits per heavy atom. The van der Waals surface area contributed by atoms with E-state index in [1.165, 1.54) is 25.3 Å². The van der Waals surface area contributed by atoms with Crippen LogP contribution in [0.15, 0.2) is 54.6 Å². The minimum Gasteiger partial charge on any atom is -0.506 e.